The number of urea groups is 1. The Kier molecular flexibility index (Phi) is 11.4. The summed E-state index contributed by atoms with van der Waals surface area (Å²) in [5, 5.41) is 20.2. The highest BCUT2D eigenvalue weighted by Crippen LogP contribution is 2.22. The number of hydrogen-bond donors (Lipinski definition) is 4. The summed E-state index contributed by atoms with van der Waals surface area (Å²) in [5.41, 5.74) is 2.56. The average Bonchev–Trinajstić information content (AvgIpc) is 2.77. The van der Waals surface area contributed by atoms with Gasteiger partial charge in [-0.25, -0.2) is 4.79 Å². The number of carbonyl (C=O) groups excluding carboxylic acids is 2. The van der Waals surface area contributed by atoms with Crippen molar-refractivity contribution in [2.24, 2.45) is 5.92 Å². The molecule has 4 N–H and O–H groups in total. The Labute approximate surface area is 222 Å². The van der Waals surface area contributed by atoms with Crippen molar-refractivity contribution in [2.45, 2.75) is 91.5 Å². The number of aliphatic hydroxyl groups is 1. The minimum Gasteiger partial charge on any atom is -0.483 e. The summed E-state index contributed by atoms with van der Waals surface area (Å²) in [4.78, 5) is 25.5. The lowest BCUT2D eigenvalue weighted by atomic mass is 9.92. The molecule has 0 saturated carbocycles. The highest BCUT2D eigenvalue weighted by Gasteiger charge is 2.27. The molecular formula is C30H45N3O4. The van der Waals surface area contributed by atoms with Gasteiger partial charge in [0.15, 0.2) is 6.61 Å². The van der Waals surface area contributed by atoms with Crippen LogP contribution in [0.15, 0.2) is 48.5 Å². The van der Waals surface area contributed by atoms with E-state index in [4.69, 9.17) is 4.74 Å². The number of nitrogens with one attached hydrogen (secondary N) is 3. The molecule has 0 heterocycles. The summed E-state index contributed by atoms with van der Waals surface area (Å²) in [6.45, 7) is 13.7. The Bertz CT molecular complexity index is 981. The van der Waals surface area contributed by atoms with Gasteiger partial charge in [0.05, 0.1) is 12.1 Å². The fourth-order valence-corrected chi connectivity index (χ4v) is 4.37. The van der Waals surface area contributed by atoms with E-state index in [9.17, 15) is 14.7 Å². The maximum absolute atomic E-state index is 12.9. The van der Waals surface area contributed by atoms with Crippen LogP contribution >= 0.6 is 0 Å². The van der Waals surface area contributed by atoms with E-state index >= 15 is 0 Å². The molecule has 0 aliphatic rings. The molecule has 0 spiro atoms. The van der Waals surface area contributed by atoms with Crippen molar-refractivity contribution in [1.82, 2.24) is 16.0 Å². The third-order valence-electron chi connectivity index (χ3n) is 5.97. The van der Waals surface area contributed by atoms with Crippen LogP contribution in [0.2, 0.25) is 0 Å². The lowest BCUT2D eigenvalue weighted by molar-refractivity contribution is -0.124. The molecule has 3 atom stereocenters. The Morgan fingerprint density at radius 1 is 0.919 bits per heavy atom. The van der Waals surface area contributed by atoms with Crippen molar-refractivity contribution in [2.75, 3.05) is 6.61 Å². The number of benzene rings is 2. The molecular weight excluding hydrogens is 466 g/mol. The van der Waals surface area contributed by atoms with Crippen LogP contribution in [0.1, 0.15) is 64.2 Å². The summed E-state index contributed by atoms with van der Waals surface area (Å²) < 4.78 is 5.83. The van der Waals surface area contributed by atoms with E-state index in [0.29, 0.717) is 30.9 Å². The lowest BCUT2D eigenvalue weighted by Gasteiger charge is -2.30. The predicted octanol–water partition coefficient (Wildman–Crippen LogP) is 4.67. The van der Waals surface area contributed by atoms with Crippen LogP contribution in [0.3, 0.4) is 0 Å². The van der Waals surface area contributed by atoms with Crippen molar-refractivity contribution in [1.29, 1.82) is 0 Å². The first-order chi connectivity index (χ1) is 17.3. The third-order valence-corrected chi connectivity index (χ3v) is 5.97. The Balaban J connectivity index is 2.12. The van der Waals surface area contributed by atoms with Crippen LogP contribution in [0.25, 0.3) is 0 Å². The van der Waals surface area contributed by atoms with E-state index < -0.39 is 12.1 Å². The summed E-state index contributed by atoms with van der Waals surface area (Å²) in [5.74, 6) is 0.713. The van der Waals surface area contributed by atoms with Crippen LogP contribution < -0.4 is 20.7 Å². The molecule has 0 aromatic heterocycles. The molecule has 0 bridgehead atoms. The van der Waals surface area contributed by atoms with Gasteiger partial charge < -0.3 is 25.8 Å². The molecule has 2 rings (SSSR count). The van der Waals surface area contributed by atoms with Crippen molar-refractivity contribution in [3.8, 4) is 5.75 Å². The fraction of sp³-hybridized carbons (Fsp3) is 0.533. The largest absolute Gasteiger partial charge is 0.483 e. The normalized spacial score (nSPS) is 14.0. The molecule has 0 aliphatic heterocycles. The monoisotopic (exact) mass is 511 g/mol. The molecule has 3 amide bonds. The van der Waals surface area contributed by atoms with Crippen LogP contribution in [-0.4, -0.2) is 47.4 Å². The number of ether oxygens (including phenoxy) is 1. The van der Waals surface area contributed by atoms with Crippen molar-refractivity contribution < 1.29 is 19.4 Å². The van der Waals surface area contributed by atoms with E-state index in [1.165, 1.54) is 0 Å². The molecule has 204 valence electrons. The van der Waals surface area contributed by atoms with Crippen molar-refractivity contribution in [3.05, 3.63) is 65.2 Å². The van der Waals surface area contributed by atoms with Crippen LogP contribution in [-0.2, 0) is 11.2 Å². The molecule has 0 aliphatic carbocycles. The first-order valence-corrected chi connectivity index (χ1v) is 13.1. The molecule has 2 aromatic carbocycles. The first-order valence-electron chi connectivity index (χ1n) is 13.1. The fourth-order valence-electron chi connectivity index (χ4n) is 4.37. The lowest BCUT2D eigenvalue weighted by Crippen LogP contribution is -2.52. The van der Waals surface area contributed by atoms with Crippen LogP contribution in [0, 0.1) is 19.8 Å². The number of carbonyl (C=O) groups is 2. The number of hydrogen-bond acceptors (Lipinski definition) is 4. The second kappa shape index (κ2) is 14.0. The van der Waals surface area contributed by atoms with Gasteiger partial charge in [-0.2, -0.15) is 0 Å². The minimum absolute atomic E-state index is 0.147. The number of amides is 3. The van der Waals surface area contributed by atoms with Crippen LogP contribution in [0.4, 0.5) is 4.79 Å². The maximum atomic E-state index is 12.9. The molecule has 7 heteroatoms. The summed E-state index contributed by atoms with van der Waals surface area (Å²) in [6.07, 6.45) is 0.601. The Morgan fingerprint density at radius 2 is 1.54 bits per heavy atom. The number of aryl methyl sites for hydroxylation is 2. The third kappa shape index (κ3) is 11.3. The molecule has 0 fully saturated rings. The first kappa shape index (κ1) is 30.2. The Morgan fingerprint density at radius 3 is 2.11 bits per heavy atom. The number of rotatable bonds is 12. The van der Waals surface area contributed by atoms with Gasteiger partial charge in [-0.3, -0.25) is 4.79 Å². The van der Waals surface area contributed by atoms with E-state index in [-0.39, 0.29) is 30.1 Å². The van der Waals surface area contributed by atoms with E-state index in [2.05, 4.69) is 29.8 Å². The molecule has 7 nitrogen and oxygen atoms in total. The molecule has 0 unspecified atom stereocenters. The highest BCUT2D eigenvalue weighted by molar-refractivity contribution is 5.78. The van der Waals surface area contributed by atoms with Crippen molar-refractivity contribution in [3.63, 3.8) is 0 Å². The highest BCUT2D eigenvalue weighted by atomic mass is 16.5. The van der Waals surface area contributed by atoms with Gasteiger partial charge in [-0.05, 0) is 76.5 Å². The maximum Gasteiger partial charge on any atom is 0.315 e. The minimum atomic E-state index is -0.872. The summed E-state index contributed by atoms with van der Waals surface area (Å²) in [6, 6.07) is 14.5. The molecule has 0 saturated heterocycles. The second-order valence-corrected chi connectivity index (χ2v) is 11.4. The average molecular weight is 512 g/mol. The molecule has 0 radical (unpaired) electrons. The molecule has 2 aromatic rings. The van der Waals surface area contributed by atoms with Gasteiger partial charge in [-0.15, -0.1) is 0 Å². The number of aliphatic hydroxyl groups excluding tert-OH is 1. The SMILES string of the molecule is Cc1cccc(C)c1OCC(=O)N[C@@H](Cc1ccccc1)[C@@H](O)C[C@H](CC(C)C)NC(=O)NC(C)(C)C. The van der Waals surface area contributed by atoms with Gasteiger partial charge in [0.25, 0.3) is 5.91 Å². The van der Waals surface area contributed by atoms with E-state index in [1.54, 1.807) is 0 Å². The van der Waals surface area contributed by atoms with Gasteiger partial charge >= 0.3 is 6.03 Å². The van der Waals surface area contributed by atoms with Gasteiger partial charge in [0.1, 0.15) is 5.75 Å². The van der Waals surface area contributed by atoms with E-state index in [0.717, 1.165) is 16.7 Å². The quantitative estimate of drug-likeness (QED) is 0.333. The van der Waals surface area contributed by atoms with Gasteiger partial charge in [0, 0.05) is 11.6 Å². The second-order valence-electron chi connectivity index (χ2n) is 11.4. The molecule has 37 heavy (non-hydrogen) atoms. The Hall–Kier alpha value is -3.06. The van der Waals surface area contributed by atoms with Crippen LogP contribution in [0.5, 0.6) is 5.75 Å². The predicted molar refractivity (Wildman–Crippen MR) is 149 cm³/mol. The van der Waals surface area contributed by atoms with E-state index in [1.807, 2.05) is 83.1 Å². The summed E-state index contributed by atoms with van der Waals surface area (Å²) in [7, 11) is 0. The smallest absolute Gasteiger partial charge is 0.315 e. The topological polar surface area (TPSA) is 99.7 Å². The standard InChI is InChI=1S/C30H45N3O4/c1-20(2)16-24(31-29(36)33-30(5,6)7)18-26(34)25(17-23-14-9-8-10-15-23)32-27(35)19-37-28-21(3)12-11-13-22(28)4/h8-15,20,24-26,34H,16-19H2,1-7H3,(H,32,35)(H2,31,33,36)/t24-,25-,26-/m0/s1. The number of para-hydroxylation sites is 1. The zero-order valence-corrected chi connectivity index (χ0v) is 23.4. The zero-order valence-electron chi connectivity index (χ0n) is 23.4. The van der Waals surface area contributed by atoms with Gasteiger partial charge in [-0.1, -0.05) is 62.4 Å². The van der Waals surface area contributed by atoms with Crippen molar-refractivity contribution >= 4 is 11.9 Å². The van der Waals surface area contributed by atoms with Gasteiger partial charge in [0.2, 0.25) is 0 Å². The zero-order chi connectivity index (χ0) is 27.6. The summed E-state index contributed by atoms with van der Waals surface area (Å²) >= 11 is 0.